The molecule has 0 aromatic carbocycles. The SMILES string of the molecule is CNc1cc(N2CCCC(C)(O)CC2)nc(SC)n1. The molecule has 2 N–H and O–H groups in total. The molecule has 1 aromatic heterocycles. The molecular formula is C13H22N4OS. The lowest BCUT2D eigenvalue weighted by Gasteiger charge is -2.23. The first-order valence-electron chi connectivity index (χ1n) is 6.62. The van der Waals surface area contributed by atoms with Crippen molar-refractivity contribution in [3.05, 3.63) is 6.07 Å². The van der Waals surface area contributed by atoms with Crippen LogP contribution in [0.15, 0.2) is 11.2 Å². The second-order valence-corrected chi connectivity index (χ2v) is 5.96. The van der Waals surface area contributed by atoms with Gasteiger partial charge in [-0.15, -0.1) is 0 Å². The lowest BCUT2D eigenvalue weighted by Crippen LogP contribution is -2.29. The Bertz CT molecular complexity index is 416. The maximum Gasteiger partial charge on any atom is 0.191 e. The first-order valence-corrected chi connectivity index (χ1v) is 7.85. The van der Waals surface area contributed by atoms with Crippen molar-refractivity contribution in [3.8, 4) is 0 Å². The minimum absolute atomic E-state index is 0.546. The van der Waals surface area contributed by atoms with Crippen LogP contribution in [0.1, 0.15) is 26.2 Å². The van der Waals surface area contributed by atoms with Crippen molar-refractivity contribution in [3.63, 3.8) is 0 Å². The van der Waals surface area contributed by atoms with Crippen LogP contribution in [-0.4, -0.2) is 47.1 Å². The Balaban J connectivity index is 2.21. The van der Waals surface area contributed by atoms with Gasteiger partial charge in [-0.25, -0.2) is 9.97 Å². The largest absolute Gasteiger partial charge is 0.390 e. The molecule has 0 aliphatic carbocycles. The molecule has 0 saturated carbocycles. The molecule has 1 atom stereocenters. The minimum Gasteiger partial charge on any atom is -0.390 e. The Hall–Kier alpha value is -1.01. The van der Waals surface area contributed by atoms with Gasteiger partial charge in [0.05, 0.1) is 5.60 Å². The second kappa shape index (κ2) is 5.96. The number of anilines is 2. The van der Waals surface area contributed by atoms with Gasteiger partial charge in [-0.05, 0) is 32.4 Å². The predicted octanol–water partition coefficient (Wildman–Crippen LogP) is 1.98. The number of aliphatic hydroxyl groups is 1. The van der Waals surface area contributed by atoms with E-state index in [1.807, 2.05) is 26.3 Å². The van der Waals surface area contributed by atoms with Crippen LogP contribution in [-0.2, 0) is 0 Å². The highest BCUT2D eigenvalue weighted by Crippen LogP contribution is 2.26. The summed E-state index contributed by atoms with van der Waals surface area (Å²) in [6.07, 6.45) is 4.59. The van der Waals surface area contributed by atoms with Crippen LogP contribution < -0.4 is 10.2 Å². The van der Waals surface area contributed by atoms with Crippen LogP contribution in [0.5, 0.6) is 0 Å². The third kappa shape index (κ3) is 3.73. The highest BCUT2D eigenvalue weighted by atomic mass is 32.2. The van der Waals surface area contributed by atoms with E-state index < -0.39 is 5.60 Å². The molecular weight excluding hydrogens is 260 g/mol. The number of aromatic nitrogens is 2. The fourth-order valence-corrected chi connectivity index (χ4v) is 2.66. The van der Waals surface area contributed by atoms with E-state index in [0.29, 0.717) is 0 Å². The fourth-order valence-electron chi connectivity index (χ4n) is 2.29. The van der Waals surface area contributed by atoms with Crippen LogP contribution in [0, 0.1) is 0 Å². The van der Waals surface area contributed by atoms with Crippen LogP contribution in [0.3, 0.4) is 0 Å². The maximum absolute atomic E-state index is 10.1. The molecule has 5 nitrogen and oxygen atoms in total. The number of nitrogens with zero attached hydrogens (tertiary/aromatic N) is 3. The summed E-state index contributed by atoms with van der Waals surface area (Å²) in [5, 5.41) is 14.0. The Kier molecular flexibility index (Phi) is 4.52. The van der Waals surface area contributed by atoms with E-state index in [9.17, 15) is 5.11 Å². The average Bonchev–Trinajstić information content (AvgIpc) is 2.59. The number of rotatable bonds is 3. The zero-order chi connectivity index (χ0) is 13.9. The van der Waals surface area contributed by atoms with Gasteiger partial charge in [-0.3, -0.25) is 0 Å². The highest BCUT2D eigenvalue weighted by molar-refractivity contribution is 7.98. The molecule has 6 heteroatoms. The highest BCUT2D eigenvalue weighted by Gasteiger charge is 2.25. The number of hydrogen-bond acceptors (Lipinski definition) is 6. The van der Waals surface area contributed by atoms with E-state index in [4.69, 9.17) is 0 Å². The van der Waals surface area contributed by atoms with E-state index in [1.54, 1.807) is 11.8 Å². The third-order valence-corrected chi connectivity index (χ3v) is 4.07. The average molecular weight is 282 g/mol. The lowest BCUT2D eigenvalue weighted by molar-refractivity contribution is 0.0481. The van der Waals surface area contributed by atoms with Gasteiger partial charge in [0.1, 0.15) is 11.6 Å². The monoisotopic (exact) mass is 282 g/mol. The summed E-state index contributed by atoms with van der Waals surface area (Å²) in [7, 11) is 1.86. The lowest BCUT2D eigenvalue weighted by atomic mass is 9.98. The third-order valence-electron chi connectivity index (χ3n) is 3.52. The summed E-state index contributed by atoms with van der Waals surface area (Å²) in [5.74, 6) is 1.78. The summed E-state index contributed by atoms with van der Waals surface area (Å²) in [6, 6.07) is 1.97. The van der Waals surface area contributed by atoms with Crippen molar-refractivity contribution >= 4 is 23.4 Å². The van der Waals surface area contributed by atoms with Gasteiger partial charge in [-0.2, -0.15) is 0 Å². The molecule has 2 rings (SSSR count). The summed E-state index contributed by atoms with van der Waals surface area (Å²) < 4.78 is 0. The smallest absolute Gasteiger partial charge is 0.191 e. The van der Waals surface area contributed by atoms with Crippen LogP contribution in [0.2, 0.25) is 0 Å². The first-order chi connectivity index (χ1) is 9.04. The zero-order valence-corrected chi connectivity index (χ0v) is 12.6. The maximum atomic E-state index is 10.1. The van der Waals surface area contributed by atoms with Gasteiger partial charge in [0.15, 0.2) is 5.16 Å². The van der Waals surface area contributed by atoms with E-state index in [2.05, 4.69) is 20.2 Å². The molecule has 0 bridgehead atoms. The van der Waals surface area contributed by atoms with Gasteiger partial charge in [0.25, 0.3) is 0 Å². The van der Waals surface area contributed by atoms with Crippen molar-refractivity contribution in [1.82, 2.24) is 9.97 Å². The predicted molar refractivity (Wildman–Crippen MR) is 80.0 cm³/mol. The van der Waals surface area contributed by atoms with Crippen LogP contribution >= 0.6 is 11.8 Å². The quantitative estimate of drug-likeness (QED) is 0.653. The van der Waals surface area contributed by atoms with E-state index in [1.165, 1.54) is 0 Å². The minimum atomic E-state index is -0.546. The molecule has 0 radical (unpaired) electrons. The van der Waals surface area contributed by atoms with Crippen molar-refractivity contribution in [2.75, 3.05) is 36.6 Å². The summed E-state index contributed by atoms with van der Waals surface area (Å²) in [4.78, 5) is 11.2. The molecule has 106 valence electrons. The van der Waals surface area contributed by atoms with E-state index >= 15 is 0 Å². The molecule has 19 heavy (non-hydrogen) atoms. The summed E-state index contributed by atoms with van der Waals surface area (Å²) >= 11 is 1.54. The van der Waals surface area contributed by atoms with Gasteiger partial charge in [-0.1, -0.05) is 11.8 Å². The summed E-state index contributed by atoms with van der Waals surface area (Å²) in [5.41, 5.74) is -0.546. The Morgan fingerprint density at radius 2 is 2.16 bits per heavy atom. The van der Waals surface area contributed by atoms with Crippen molar-refractivity contribution in [1.29, 1.82) is 0 Å². The molecule has 0 spiro atoms. The molecule has 1 fully saturated rings. The van der Waals surface area contributed by atoms with Gasteiger partial charge in [0.2, 0.25) is 0 Å². The Morgan fingerprint density at radius 1 is 1.37 bits per heavy atom. The van der Waals surface area contributed by atoms with Crippen LogP contribution in [0.25, 0.3) is 0 Å². The topological polar surface area (TPSA) is 61.3 Å². The van der Waals surface area contributed by atoms with Crippen molar-refractivity contribution < 1.29 is 5.11 Å². The normalized spacial score (nSPS) is 24.1. The van der Waals surface area contributed by atoms with Crippen molar-refractivity contribution in [2.45, 2.75) is 36.9 Å². The fraction of sp³-hybridized carbons (Fsp3) is 0.692. The first kappa shape index (κ1) is 14.4. The molecule has 1 aromatic rings. The standard InChI is InChI=1S/C13H22N4OS/c1-13(18)5-4-7-17(8-6-13)11-9-10(14-2)15-12(16-11)19-3/h9,18H,4-8H2,1-3H3,(H,14,15,16). The Labute approximate surface area is 118 Å². The molecule has 0 amide bonds. The number of nitrogens with one attached hydrogen (secondary N) is 1. The second-order valence-electron chi connectivity index (χ2n) is 5.19. The molecule has 2 heterocycles. The van der Waals surface area contributed by atoms with Gasteiger partial charge in [0, 0.05) is 26.2 Å². The van der Waals surface area contributed by atoms with Gasteiger partial charge < -0.3 is 15.3 Å². The zero-order valence-electron chi connectivity index (χ0n) is 11.8. The number of thioether (sulfide) groups is 1. The van der Waals surface area contributed by atoms with E-state index in [-0.39, 0.29) is 0 Å². The Morgan fingerprint density at radius 3 is 2.84 bits per heavy atom. The molecule has 1 aliphatic rings. The molecule has 1 unspecified atom stereocenters. The van der Waals surface area contributed by atoms with E-state index in [0.717, 1.165) is 49.1 Å². The number of hydrogen-bond donors (Lipinski definition) is 2. The van der Waals surface area contributed by atoms with Crippen LogP contribution in [0.4, 0.5) is 11.6 Å². The van der Waals surface area contributed by atoms with Gasteiger partial charge >= 0.3 is 0 Å². The molecule has 1 saturated heterocycles. The molecule has 1 aliphatic heterocycles. The summed E-state index contributed by atoms with van der Waals surface area (Å²) in [6.45, 7) is 3.69. The van der Waals surface area contributed by atoms with Crippen molar-refractivity contribution in [2.24, 2.45) is 0 Å².